The zero-order valence-corrected chi connectivity index (χ0v) is 22.4. The van der Waals surface area contributed by atoms with Crippen LogP contribution in [0, 0.1) is 17.8 Å². The van der Waals surface area contributed by atoms with Gasteiger partial charge in [-0.25, -0.2) is 0 Å². The Bertz CT molecular complexity index is 1470. The molecule has 0 radical (unpaired) electrons. The molecule has 11 heteroatoms. The van der Waals surface area contributed by atoms with Crippen LogP contribution in [0.5, 0.6) is 11.5 Å². The van der Waals surface area contributed by atoms with Crippen LogP contribution in [0.3, 0.4) is 0 Å². The number of fused-ring (bicyclic) bond motifs is 3. The number of nitrogens with two attached hydrogens (primary N) is 2. The molecule has 2 unspecified atom stereocenters. The minimum atomic E-state index is -2.69. The quantitative estimate of drug-likeness (QED) is 0.280. The van der Waals surface area contributed by atoms with Gasteiger partial charge in [-0.3, -0.25) is 14.4 Å². The summed E-state index contributed by atoms with van der Waals surface area (Å²) in [6.45, 7) is 0.221. The third kappa shape index (κ3) is 3.76. The van der Waals surface area contributed by atoms with Gasteiger partial charge in [-0.1, -0.05) is 12.1 Å². The number of rotatable bonds is 5. The van der Waals surface area contributed by atoms with Crippen LogP contribution in [0.2, 0.25) is 0 Å². The van der Waals surface area contributed by atoms with E-state index in [1.807, 2.05) is 12.1 Å². The molecule has 8 N–H and O–H groups in total. The Hall–Kier alpha value is -3.77. The van der Waals surface area contributed by atoms with Gasteiger partial charge in [0.15, 0.2) is 11.4 Å². The van der Waals surface area contributed by atoms with Crippen LogP contribution in [0.25, 0.3) is 16.9 Å². The molecular formula is C29H33N3O8. The minimum absolute atomic E-state index is 0.0307. The molecule has 212 valence electrons. The van der Waals surface area contributed by atoms with Crippen molar-refractivity contribution in [2.75, 3.05) is 21.2 Å². The molecule has 0 heterocycles. The van der Waals surface area contributed by atoms with Crippen LogP contribution < -0.4 is 16.2 Å². The molecule has 2 aromatic rings. The summed E-state index contributed by atoms with van der Waals surface area (Å²) in [6.07, 6.45) is -1.30. The third-order valence-electron chi connectivity index (χ3n) is 8.78. The number of hydrogen-bond donors (Lipinski definition) is 6. The minimum Gasteiger partial charge on any atom is -0.507 e. The number of phenolic OH excluding ortho intramolecular Hbond substituents is 1. The van der Waals surface area contributed by atoms with Gasteiger partial charge in [0, 0.05) is 29.6 Å². The molecule has 5 rings (SSSR count). The first-order valence-corrected chi connectivity index (χ1v) is 13.0. The van der Waals surface area contributed by atoms with Gasteiger partial charge in [0.2, 0.25) is 11.7 Å². The van der Waals surface area contributed by atoms with E-state index in [0.717, 1.165) is 11.1 Å². The molecule has 0 aromatic heterocycles. The smallest absolute Gasteiger partial charge is 0.230 e. The number of aliphatic hydroxyl groups excluding tert-OH is 2. The summed E-state index contributed by atoms with van der Waals surface area (Å²) in [5.74, 6) is -7.12. The number of benzene rings is 2. The number of hydrogen-bond acceptors (Lipinski definition) is 10. The van der Waals surface area contributed by atoms with Crippen LogP contribution in [0.1, 0.15) is 23.1 Å². The van der Waals surface area contributed by atoms with E-state index < -0.39 is 58.7 Å². The Labute approximate surface area is 230 Å². The van der Waals surface area contributed by atoms with E-state index in [0.29, 0.717) is 16.9 Å². The lowest BCUT2D eigenvalue weighted by Crippen LogP contribution is -2.73. The fourth-order valence-electron chi connectivity index (χ4n) is 6.98. The Balaban J connectivity index is 1.69. The fourth-order valence-corrected chi connectivity index (χ4v) is 6.98. The lowest BCUT2D eigenvalue weighted by Gasteiger charge is -2.53. The number of primary amides is 1. The molecule has 1 amide bonds. The van der Waals surface area contributed by atoms with E-state index in [-0.39, 0.29) is 36.3 Å². The third-order valence-corrected chi connectivity index (χ3v) is 8.78. The van der Waals surface area contributed by atoms with Gasteiger partial charge in [0.25, 0.3) is 0 Å². The monoisotopic (exact) mass is 551 g/mol. The molecule has 2 aromatic carbocycles. The summed E-state index contributed by atoms with van der Waals surface area (Å²) in [4.78, 5) is 41.1. The van der Waals surface area contributed by atoms with E-state index in [1.165, 1.54) is 6.07 Å². The number of amides is 1. The number of likely N-dealkylation sites (N-methyl/N-ethyl adjacent to an activating group) is 1. The van der Waals surface area contributed by atoms with Crippen molar-refractivity contribution in [2.24, 2.45) is 29.2 Å². The van der Waals surface area contributed by atoms with Crippen LogP contribution in [-0.4, -0.2) is 81.8 Å². The van der Waals surface area contributed by atoms with Crippen molar-refractivity contribution in [3.8, 4) is 22.6 Å². The summed E-state index contributed by atoms with van der Waals surface area (Å²) in [6, 6.07) is 7.62. The second-order valence-corrected chi connectivity index (χ2v) is 11.0. The number of ketones is 2. The molecule has 6 atom stereocenters. The first-order valence-electron chi connectivity index (χ1n) is 13.0. The summed E-state index contributed by atoms with van der Waals surface area (Å²) in [7, 11) is 4.77. The normalized spacial score (nSPS) is 29.6. The second kappa shape index (κ2) is 9.70. The first kappa shape index (κ1) is 27.8. The maximum atomic E-state index is 14.0. The van der Waals surface area contributed by atoms with E-state index in [1.54, 1.807) is 38.2 Å². The van der Waals surface area contributed by atoms with Crippen LogP contribution in [0.15, 0.2) is 35.9 Å². The average Bonchev–Trinajstić information content (AvgIpc) is 2.90. The Morgan fingerprint density at radius 3 is 2.48 bits per heavy atom. The largest absolute Gasteiger partial charge is 0.507 e. The highest BCUT2D eigenvalue weighted by molar-refractivity contribution is 6.25. The molecule has 0 aliphatic heterocycles. The number of carbonyl (C=O) groups is 3. The van der Waals surface area contributed by atoms with E-state index >= 15 is 0 Å². The molecular weight excluding hydrogens is 518 g/mol. The lowest BCUT2D eigenvalue weighted by molar-refractivity contribution is -0.184. The van der Waals surface area contributed by atoms with Crippen molar-refractivity contribution in [1.29, 1.82) is 0 Å². The van der Waals surface area contributed by atoms with Gasteiger partial charge in [0.05, 0.1) is 18.8 Å². The molecule has 0 saturated heterocycles. The zero-order valence-electron chi connectivity index (χ0n) is 22.4. The van der Waals surface area contributed by atoms with Crippen LogP contribution >= 0.6 is 0 Å². The van der Waals surface area contributed by atoms with Gasteiger partial charge in [-0.15, -0.1) is 0 Å². The number of nitrogens with zero attached hydrogens (tertiary/aromatic N) is 1. The van der Waals surface area contributed by atoms with Crippen molar-refractivity contribution in [3.05, 3.63) is 52.6 Å². The van der Waals surface area contributed by atoms with Gasteiger partial charge < -0.3 is 41.5 Å². The molecule has 0 spiro atoms. The number of carbonyl (C=O) groups excluding carboxylic acids is 3. The predicted molar refractivity (Wildman–Crippen MR) is 144 cm³/mol. The fraction of sp³-hybridized carbons (Fsp3) is 0.414. The van der Waals surface area contributed by atoms with Gasteiger partial charge in [0.1, 0.15) is 23.2 Å². The maximum absolute atomic E-state index is 14.0. The number of phenols is 1. The van der Waals surface area contributed by atoms with E-state index in [9.17, 15) is 34.8 Å². The second-order valence-electron chi connectivity index (χ2n) is 11.0. The van der Waals surface area contributed by atoms with Crippen molar-refractivity contribution < 1.29 is 39.5 Å². The van der Waals surface area contributed by atoms with Crippen LogP contribution in [-0.2, 0) is 27.3 Å². The summed E-state index contributed by atoms with van der Waals surface area (Å²) in [5.41, 5.74) is 11.3. The van der Waals surface area contributed by atoms with Gasteiger partial charge in [-0.05, 0) is 67.7 Å². The number of aromatic hydroxyl groups is 1. The molecule has 40 heavy (non-hydrogen) atoms. The maximum Gasteiger partial charge on any atom is 0.230 e. The van der Waals surface area contributed by atoms with Crippen molar-refractivity contribution in [2.45, 2.75) is 37.1 Å². The number of aliphatic hydroxyl groups is 3. The topological polar surface area (TPSA) is 197 Å². The Kier molecular flexibility index (Phi) is 6.74. The molecule has 0 bridgehead atoms. The highest BCUT2D eigenvalue weighted by Crippen LogP contribution is 2.53. The van der Waals surface area contributed by atoms with Crippen molar-refractivity contribution in [1.82, 2.24) is 4.90 Å². The van der Waals surface area contributed by atoms with E-state index in [2.05, 4.69) is 0 Å². The number of ether oxygens (including phenoxy) is 1. The highest BCUT2D eigenvalue weighted by atomic mass is 16.5. The number of Topliss-reactive ketones (excluding diaryl/α,β-unsaturated/α-hetero) is 2. The summed E-state index contributed by atoms with van der Waals surface area (Å²) < 4.78 is 5.38. The Morgan fingerprint density at radius 1 is 1.18 bits per heavy atom. The molecule has 11 nitrogen and oxygen atoms in total. The SMILES string of the molecule is COc1ccc(-c2ccc(O)c3c2C[C@H]2C[C@H]4[C@H](N(C)C)C(O)C(C(N)=O)C(=O)[C@@]4(O)C(=O)C2=C3O)cc1CN. The van der Waals surface area contributed by atoms with Crippen molar-refractivity contribution >= 4 is 23.2 Å². The first-order chi connectivity index (χ1) is 18.9. The highest BCUT2D eigenvalue weighted by Gasteiger charge is 2.67. The summed E-state index contributed by atoms with van der Waals surface area (Å²) >= 11 is 0. The van der Waals surface area contributed by atoms with Gasteiger partial charge in [-0.2, -0.15) is 0 Å². The lowest BCUT2D eigenvalue weighted by atomic mass is 9.54. The Morgan fingerprint density at radius 2 is 1.88 bits per heavy atom. The van der Waals surface area contributed by atoms with Gasteiger partial charge >= 0.3 is 0 Å². The average molecular weight is 552 g/mol. The predicted octanol–water partition coefficient (Wildman–Crippen LogP) is 0.263. The molecule has 3 aliphatic carbocycles. The summed E-state index contributed by atoms with van der Waals surface area (Å²) in [5, 5.41) is 45.0. The van der Waals surface area contributed by atoms with E-state index in [4.69, 9.17) is 16.2 Å². The molecule has 2 saturated carbocycles. The number of methoxy groups -OCH3 is 1. The van der Waals surface area contributed by atoms with Crippen molar-refractivity contribution in [3.63, 3.8) is 0 Å². The molecule has 2 fully saturated rings. The molecule has 3 aliphatic rings. The zero-order chi connectivity index (χ0) is 29.3. The standard InChI is InChI=1S/C29H33N3O8/c1-32(2)23-17-10-13-9-16-15(12-4-7-19(40-3)14(8-12)11-30)5-6-18(33)21(16)24(34)20(13)26(36)29(17,39)27(37)22(25(23)35)28(31)38/h4-8,13,17,22-23,25,33-35,39H,9-11,30H2,1-3H3,(H2,31,38)/t13-,17-,22?,23-,25?,29-/m0/s1. The van der Waals surface area contributed by atoms with Crippen LogP contribution in [0.4, 0.5) is 0 Å².